The summed E-state index contributed by atoms with van der Waals surface area (Å²) in [6.45, 7) is 9.30. The van der Waals surface area contributed by atoms with Gasteiger partial charge in [0, 0.05) is 18.0 Å². The normalized spacial score (nSPS) is 10.8. The number of nitrogens with one attached hydrogen (secondary N) is 2. The third-order valence-corrected chi connectivity index (χ3v) is 3.14. The minimum Gasteiger partial charge on any atom is -0.370 e. The van der Waals surface area contributed by atoms with E-state index in [-0.39, 0.29) is 5.92 Å². The van der Waals surface area contributed by atoms with E-state index in [4.69, 9.17) is 5.84 Å². The lowest BCUT2D eigenvalue weighted by atomic mass is 10.2. The average Bonchev–Trinajstić information content (AvgIpc) is 2.40. The molecule has 0 aliphatic carbocycles. The molecule has 0 bridgehead atoms. The number of nitrogens with two attached hydrogens (primary N) is 1. The van der Waals surface area contributed by atoms with Gasteiger partial charge in [-0.1, -0.05) is 40.0 Å². The summed E-state index contributed by atoms with van der Waals surface area (Å²) in [5.41, 5.74) is 3.62. The first-order valence-corrected chi connectivity index (χ1v) is 7.19. The summed E-state index contributed by atoms with van der Waals surface area (Å²) in [6.07, 6.45) is 4.97. The lowest BCUT2D eigenvalue weighted by Crippen LogP contribution is -2.16. The van der Waals surface area contributed by atoms with Crippen LogP contribution in [-0.4, -0.2) is 16.5 Å². The topological polar surface area (TPSA) is 75.9 Å². The maximum absolute atomic E-state index is 5.51. The highest BCUT2D eigenvalue weighted by atomic mass is 15.3. The molecular formula is C14H27N5. The molecule has 1 aromatic rings. The second-order valence-electron chi connectivity index (χ2n) is 5.19. The van der Waals surface area contributed by atoms with E-state index in [1.165, 1.54) is 25.7 Å². The molecule has 0 spiro atoms. The van der Waals surface area contributed by atoms with Gasteiger partial charge in [0.15, 0.2) is 0 Å². The molecule has 1 rings (SSSR count). The Labute approximate surface area is 116 Å². The van der Waals surface area contributed by atoms with E-state index < -0.39 is 0 Å². The fourth-order valence-corrected chi connectivity index (χ4v) is 1.86. The molecule has 5 nitrogen and oxygen atoms in total. The van der Waals surface area contributed by atoms with Crippen LogP contribution < -0.4 is 16.6 Å². The van der Waals surface area contributed by atoms with Gasteiger partial charge in [-0.3, -0.25) is 0 Å². The largest absolute Gasteiger partial charge is 0.370 e. The van der Waals surface area contributed by atoms with Crippen molar-refractivity contribution in [2.24, 2.45) is 5.84 Å². The zero-order chi connectivity index (χ0) is 14.3. The van der Waals surface area contributed by atoms with Gasteiger partial charge < -0.3 is 10.7 Å². The maximum Gasteiger partial charge on any atom is 0.148 e. The molecule has 0 unspecified atom stereocenters. The second kappa shape index (κ2) is 7.94. The van der Waals surface area contributed by atoms with Crippen LogP contribution in [0.15, 0.2) is 0 Å². The first-order chi connectivity index (χ1) is 9.10. The average molecular weight is 265 g/mol. The number of rotatable bonds is 8. The molecule has 0 aromatic carbocycles. The Kier molecular flexibility index (Phi) is 6.56. The van der Waals surface area contributed by atoms with E-state index in [9.17, 15) is 0 Å². The summed E-state index contributed by atoms with van der Waals surface area (Å²) in [5, 5.41) is 3.40. The highest BCUT2D eigenvalue weighted by Gasteiger charge is 2.11. The van der Waals surface area contributed by atoms with Crippen molar-refractivity contribution in [3.8, 4) is 0 Å². The van der Waals surface area contributed by atoms with Gasteiger partial charge in [0.1, 0.15) is 17.5 Å². The summed E-state index contributed by atoms with van der Waals surface area (Å²) in [6, 6.07) is 0. The van der Waals surface area contributed by atoms with Crippen LogP contribution in [0.2, 0.25) is 0 Å². The van der Waals surface area contributed by atoms with E-state index in [0.717, 1.165) is 23.8 Å². The van der Waals surface area contributed by atoms with Gasteiger partial charge in [0.25, 0.3) is 0 Å². The minimum atomic E-state index is 0.286. The number of anilines is 2. The van der Waals surface area contributed by atoms with Crippen LogP contribution in [0.4, 0.5) is 11.6 Å². The minimum absolute atomic E-state index is 0.286. The molecule has 19 heavy (non-hydrogen) atoms. The highest BCUT2D eigenvalue weighted by molar-refractivity contribution is 5.56. The summed E-state index contributed by atoms with van der Waals surface area (Å²) < 4.78 is 0. The van der Waals surface area contributed by atoms with Crippen molar-refractivity contribution in [2.45, 2.75) is 59.3 Å². The third kappa shape index (κ3) is 4.67. The Morgan fingerprint density at radius 2 is 1.79 bits per heavy atom. The molecule has 0 amide bonds. The first-order valence-electron chi connectivity index (χ1n) is 7.19. The molecule has 0 saturated heterocycles. The molecule has 1 aromatic heterocycles. The lowest BCUT2D eigenvalue weighted by Gasteiger charge is -2.14. The number of nitrogen functional groups attached to an aromatic ring is 1. The third-order valence-electron chi connectivity index (χ3n) is 3.14. The Bertz CT molecular complexity index is 390. The maximum atomic E-state index is 5.51. The van der Waals surface area contributed by atoms with Crippen molar-refractivity contribution in [1.29, 1.82) is 0 Å². The van der Waals surface area contributed by atoms with Crippen molar-refractivity contribution < 1.29 is 0 Å². The van der Waals surface area contributed by atoms with Crippen molar-refractivity contribution in [3.63, 3.8) is 0 Å². The summed E-state index contributed by atoms with van der Waals surface area (Å²) >= 11 is 0. The number of nitrogens with zero attached hydrogens (tertiary/aromatic N) is 2. The molecular weight excluding hydrogens is 238 g/mol. The lowest BCUT2D eigenvalue weighted by molar-refractivity contribution is 0.683. The number of aromatic nitrogens is 2. The molecule has 5 heteroatoms. The molecule has 4 N–H and O–H groups in total. The standard InChI is InChI=1S/C14H27N5/c1-5-6-7-8-9-16-13-11(4)14(19-15)18-12(17-13)10(2)3/h10H,5-9,15H2,1-4H3,(H2,16,17,18,19). The molecule has 0 aliphatic rings. The fourth-order valence-electron chi connectivity index (χ4n) is 1.86. The van der Waals surface area contributed by atoms with Crippen molar-refractivity contribution in [1.82, 2.24) is 9.97 Å². The molecule has 0 aliphatic heterocycles. The van der Waals surface area contributed by atoms with Gasteiger partial charge in [0.05, 0.1) is 0 Å². The number of hydrogen-bond donors (Lipinski definition) is 3. The zero-order valence-corrected chi connectivity index (χ0v) is 12.6. The second-order valence-corrected chi connectivity index (χ2v) is 5.19. The molecule has 1 heterocycles. The highest BCUT2D eigenvalue weighted by Crippen LogP contribution is 2.22. The molecule has 0 radical (unpaired) electrons. The Morgan fingerprint density at radius 1 is 1.11 bits per heavy atom. The predicted molar refractivity (Wildman–Crippen MR) is 81.3 cm³/mol. The van der Waals surface area contributed by atoms with Crippen molar-refractivity contribution in [2.75, 3.05) is 17.3 Å². The van der Waals surface area contributed by atoms with Gasteiger partial charge in [-0.05, 0) is 13.3 Å². The van der Waals surface area contributed by atoms with Gasteiger partial charge in [-0.15, -0.1) is 0 Å². The van der Waals surface area contributed by atoms with Gasteiger partial charge >= 0.3 is 0 Å². The van der Waals surface area contributed by atoms with Crippen LogP contribution in [-0.2, 0) is 0 Å². The fraction of sp³-hybridized carbons (Fsp3) is 0.714. The smallest absolute Gasteiger partial charge is 0.148 e. The van der Waals surface area contributed by atoms with E-state index in [2.05, 4.69) is 41.5 Å². The Balaban J connectivity index is 2.72. The van der Waals surface area contributed by atoms with Crippen LogP contribution >= 0.6 is 0 Å². The quantitative estimate of drug-likeness (QED) is 0.382. The van der Waals surface area contributed by atoms with Gasteiger partial charge in [-0.2, -0.15) is 0 Å². The number of hydrogen-bond acceptors (Lipinski definition) is 5. The first kappa shape index (κ1) is 15.7. The monoisotopic (exact) mass is 265 g/mol. The van der Waals surface area contributed by atoms with Crippen LogP contribution in [0.3, 0.4) is 0 Å². The molecule has 0 fully saturated rings. The van der Waals surface area contributed by atoms with Gasteiger partial charge in [0.2, 0.25) is 0 Å². The summed E-state index contributed by atoms with van der Waals surface area (Å²) in [7, 11) is 0. The van der Waals surface area contributed by atoms with Crippen LogP contribution in [0.1, 0.15) is 63.8 Å². The van der Waals surface area contributed by atoms with Crippen LogP contribution in [0.25, 0.3) is 0 Å². The molecule has 0 atom stereocenters. The van der Waals surface area contributed by atoms with Gasteiger partial charge in [-0.25, -0.2) is 15.8 Å². The molecule has 108 valence electrons. The predicted octanol–water partition coefficient (Wildman–Crippen LogP) is 3.19. The number of hydrazine groups is 1. The van der Waals surface area contributed by atoms with Crippen molar-refractivity contribution >= 4 is 11.6 Å². The molecule has 0 saturated carbocycles. The van der Waals surface area contributed by atoms with E-state index in [1.807, 2.05) is 6.92 Å². The van der Waals surface area contributed by atoms with E-state index in [0.29, 0.717) is 5.82 Å². The Morgan fingerprint density at radius 3 is 2.37 bits per heavy atom. The van der Waals surface area contributed by atoms with E-state index >= 15 is 0 Å². The summed E-state index contributed by atoms with van der Waals surface area (Å²) in [5.74, 6) is 8.21. The zero-order valence-electron chi connectivity index (χ0n) is 12.6. The number of unbranched alkanes of at least 4 members (excludes halogenated alkanes) is 3. The van der Waals surface area contributed by atoms with Crippen LogP contribution in [0, 0.1) is 6.92 Å². The summed E-state index contributed by atoms with van der Waals surface area (Å²) in [4.78, 5) is 9.00. The van der Waals surface area contributed by atoms with E-state index in [1.54, 1.807) is 0 Å². The SMILES string of the molecule is CCCCCCNc1nc(C(C)C)nc(NN)c1C. The van der Waals surface area contributed by atoms with Crippen molar-refractivity contribution in [3.05, 3.63) is 11.4 Å². The van der Waals surface area contributed by atoms with Crippen LogP contribution in [0.5, 0.6) is 0 Å². The Hall–Kier alpha value is -1.36.